The number of aryl methyl sites for hydroxylation is 2. The molecule has 0 saturated carbocycles. The zero-order chi connectivity index (χ0) is 81.4. The van der Waals surface area contributed by atoms with Gasteiger partial charge in [0.2, 0.25) is 0 Å². The molecule has 2 heterocycles. The van der Waals surface area contributed by atoms with Crippen molar-refractivity contribution in [1.82, 2.24) is 9.97 Å². The molecule has 0 N–H and O–H groups in total. The molecule has 0 aliphatic rings. The Morgan fingerprint density at radius 2 is 0.526 bits per heavy atom. The fourth-order valence-corrected chi connectivity index (χ4v) is 12.5. The number of hydrogen-bond donors (Lipinski definition) is 0. The van der Waals surface area contributed by atoms with E-state index in [1.165, 1.54) is 139 Å². The van der Waals surface area contributed by atoms with Gasteiger partial charge in [0, 0.05) is 36.6 Å². The third-order valence-electron chi connectivity index (χ3n) is 19.4. The van der Waals surface area contributed by atoms with Crippen molar-refractivity contribution in [1.29, 1.82) is 10.5 Å². The molecule has 610 valence electrons. The highest BCUT2D eigenvalue weighted by atomic mass is 35.5. The van der Waals surface area contributed by atoms with Crippen molar-refractivity contribution in [3.05, 3.63) is 288 Å². The number of benzene rings is 8. The van der Waals surface area contributed by atoms with Crippen LogP contribution in [0.15, 0.2) is 243 Å². The van der Waals surface area contributed by atoms with Crippen LogP contribution in [-0.2, 0) is 44.6 Å². The maximum Gasteiger partial charge on any atom is 0.338 e. The zero-order valence-corrected chi connectivity index (χ0v) is 69.5. The topological polar surface area (TPSA) is 197 Å². The van der Waals surface area contributed by atoms with E-state index in [0.29, 0.717) is 48.3 Å². The number of esters is 4. The van der Waals surface area contributed by atoms with E-state index >= 15 is 0 Å². The van der Waals surface area contributed by atoms with Crippen molar-refractivity contribution in [3.63, 3.8) is 0 Å². The average Bonchev–Trinajstić information content (AvgIpc) is 0.858. The molecule has 15 heteroatoms. The first-order chi connectivity index (χ1) is 56.5. The van der Waals surface area contributed by atoms with Crippen molar-refractivity contribution >= 4 is 36.3 Å². The van der Waals surface area contributed by atoms with Gasteiger partial charge in [0.15, 0.2) is 0 Å². The Morgan fingerprint density at radius 1 is 0.276 bits per heavy atom. The van der Waals surface area contributed by atoms with Gasteiger partial charge in [0.1, 0.15) is 24.7 Å². The first kappa shape index (κ1) is 93.7. The van der Waals surface area contributed by atoms with Gasteiger partial charge in [-0.15, -0.1) is 12.4 Å². The summed E-state index contributed by atoms with van der Waals surface area (Å²) in [5, 5.41) is 16.9. The van der Waals surface area contributed by atoms with Gasteiger partial charge < -0.3 is 28.4 Å². The van der Waals surface area contributed by atoms with Crippen LogP contribution in [0.4, 0.5) is 0 Å². The third kappa shape index (κ3) is 37.0. The monoisotopic (exact) mass is 1580 g/mol. The minimum absolute atomic E-state index is 0. The van der Waals surface area contributed by atoms with E-state index in [1.54, 1.807) is 48.8 Å². The molecule has 0 radical (unpaired) electrons. The summed E-state index contributed by atoms with van der Waals surface area (Å²) in [6.45, 7) is 11.4. The molecule has 0 atom stereocenters. The van der Waals surface area contributed by atoms with Crippen molar-refractivity contribution in [2.45, 2.75) is 201 Å². The van der Waals surface area contributed by atoms with Crippen molar-refractivity contribution in [2.24, 2.45) is 0 Å². The summed E-state index contributed by atoms with van der Waals surface area (Å²) in [6, 6.07) is 78.7. The lowest BCUT2D eigenvalue weighted by Gasteiger charge is -2.08. The number of nitrogens with zero attached hydrogens (tertiary/aromatic N) is 4. The van der Waals surface area contributed by atoms with Crippen LogP contribution in [0.2, 0.25) is 0 Å². The number of carbonyl (C=O) groups is 4. The fraction of sp³-hybridized carbons (Fsp3) is 0.366. The largest absolute Gasteiger partial charge is 0.494 e. The maximum absolute atomic E-state index is 12.3. The highest BCUT2D eigenvalue weighted by molar-refractivity contribution is 5.92. The van der Waals surface area contributed by atoms with E-state index in [1.807, 2.05) is 158 Å². The Balaban J connectivity index is 0.000000240. The Bertz CT molecular complexity index is 4240. The summed E-state index contributed by atoms with van der Waals surface area (Å²) in [5.74, 6) is 0.380. The Hall–Kier alpha value is -11.2. The average molecular weight is 1580 g/mol. The smallest absolute Gasteiger partial charge is 0.338 e. The van der Waals surface area contributed by atoms with Crippen molar-refractivity contribution in [3.8, 4) is 68.1 Å². The number of halogens is 1. The standard InChI is InChI=1S/C28H33NO2.C27H31NO3.C23H27NO3.C23H27NO2.ClH/c1-2-3-4-5-6-7-10-23-12-14-24(15-13-23)25-16-18-26(19-17-25)28(30)31-22-20-27-11-8-9-21-29-27;1-2-3-4-5-8-20-30-26-16-14-23(15-17-26)22-10-12-24(13-11-22)27(29)31-21-18-25-9-6-7-19-28-25;1-2-3-4-5-6-17-26-22-14-12-20(13-15-22)19-8-10-21(11-9-19)23(25)27-18-7-16-24;1-2-3-4-5-6-8-19-9-11-20(12-10-19)21-13-15-22(16-14-21)23(25)26-18-7-17-24;/h8-9,11-19,21H,2-7,10,20,22H2,1H3;6-7,9-17,19H,2-5,8,18,20-21H2,1H3;8-15H,2-7,17-18H2,1H3;9-16H,2-8,18H2,1H3;1H. The van der Waals surface area contributed by atoms with E-state index < -0.39 is 5.97 Å². The van der Waals surface area contributed by atoms with E-state index in [2.05, 4.69) is 86.2 Å². The molecule has 8 aromatic carbocycles. The summed E-state index contributed by atoms with van der Waals surface area (Å²) >= 11 is 0. The fourth-order valence-electron chi connectivity index (χ4n) is 12.5. The van der Waals surface area contributed by atoms with Crippen LogP contribution in [0, 0.1) is 22.7 Å². The number of rotatable bonds is 45. The van der Waals surface area contributed by atoms with E-state index in [-0.39, 0.29) is 56.4 Å². The summed E-state index contributed by atoms with van der Waals surface area (Å²) in [5.41, 5.74) is 15.4. The van der Waals surface area contributed by atoms with Gasteiger partial charge in [0.25, 0.3) is 0 Å². The summed E-state index contributed by atoms with van der Waals surface area (Å²) in [7, 11) is 0. The number of carbonyl (C=O) groups excluding carboxylic acids is 4. The van der Waals surface area contributed by atoms with Gasteiger partial charge in [-0.3, -0.25) is 9.97 Å². The molecule has 2 aromatic heterocycles. The molecule has 0 amide bonds. The van der Waals surface area contributed by atoms with E-state index in [0.717, 1.165) is 101 Å². The van der Waals surface area contributed by atoms with E-state index in [4.69, 9.17) is 38.9 Å². The van der Waals surface area contributed by atoms with Crippen molar-refractivity contribution in [2.75, 3.05) is 39.6 Å². The molecule has 14 nitrogen and oxygen atoms in total. The quantitative estimate of drug-likeness (QED) is 0.0198. The van der Waals surface area contributed by atoms with Crippen LogP contribution in [0.1, 0.15) is 239 Å². The van der Waals surface area contributed by atoms with Crippen LogP contribution in [0.5, 0.6) is 11.5 Å². The molecule has 0 spiro atoms. The van der Waals surface area contributed by atoms with Crippen molar-refractivity contribution < 1.29 is 47.6 Å². The minimum atomic E-state index is -0.403. The highest BCUT2D eigenvalue weighted by Gasteiger charge is 2.14. The normalized spacial score (nSPS) is 10.4. The predicted molar refractivity (Wildman–Crippen MR) is 470 cm³/mol. The summed E-state index contributed by atoms with van der Waals surface area (Å²) in [6.07, 6.45) is 34.2. The molecule has 0 unspecified atom stereocenters. The van der Waals surface area contributed by atoms with Gasteiger partial charge in [0.05, 0.1) is 73.7 Å². The Kier molecular flexibility index (Phi) is 46.7. The van der Waals surface area contributed by atoms with Crippen LogP contribution >= 0.6 is 12.4 Å². The predicted octanol–water partition coefficient (Wildman–Crippen LogP) is 25.7. The lowest BCUT2D eigenvalue weighted by Crippen LogP contribution is -2.08. The van der Waals surface area contributed by atoms with E-state index in [9.17, 15) is 19.2 Å². The maximum atomic E-state index is 12.3. The number of pyridine rings is 2. The van der Waals surface area contributed by atoms with Crippen LogP contribution in [0.25, 0.3) is 44.5 Å². The van der Waals surface area contributed by atoms with Crippen LogP contribution < -0.4 is 9.47 Å². The van der Waals surface area contributed by atoms with Gasteiger partial charge >= 0.3 is 23.9 Å². The minimum Gasteiger partial charge on any atom is -0.494 e. The lowest BCUT2D eigenvalue weighted by molar-refractivity contribution is 0.0499. The number of unbranched alkanes of at least 4 members (excludes halogenated alkanes) is 17. The first-order valence-electron chi connectivity index (χ1n) is 41.8. The molecular formula is C101H119ClN4O10. The van der Waals surface area contributed by atoms with Gasteiger partial charge in [-0.05, 0) is 191 Å². The number of aromatic nitrogens is 2. The van der Waals surface area contributed by atoms with Gasteiger partial charge in [-0.1, -0.05) is 270 Å². The molecule has 0 saturated heterocycles. The van der Waals surface area contributed by atoms with Crippen LogP contribution in [0.3, 0.4) is 0 Å². The van der Waals surface area contributed by atoms with Gasteiger partial charge in [-0.25, -0.2) is 19.2 Å². The Labute approximate surface area is 696 Å². The third-order valence-corrected chi connectivity index (χ3v) is 19.4. The molecule has 0 aliphatic heterocycles. The first-order valence-corrected chi connectivity index (χ1v) is 41.8. The zero-order valence-electron chi connectivity index (χ0n) is 68.7. The lowest BCUT2D eigenvalue weighted by atomic mass is 10.00. The molecule has 116 heavy (non-hydrogen) atoms. The SMILES string of the molecule is CCCCCCCCc1ccc(-c2ccc(C(=O)OCCc3ccccn3)cc2)cc1.CCCCCCCOc1ccc(-c2ccc(C(=O)OCCC#N)cc2)cc1.CCCCCCCOc1ccc(-c2ccc(C(=O)OCCc3ccccn3)cc2)cc1.CCCCCCCc1ccc(-c2ccc(C(=O)OCCC#N)cc2)cc1.Cl. The highest BCUT2D eigenvalue weighted by Crippen LogP contribution is 2.28. The summed E-state index contributed by atoms with van der Waals surface area (Å²) < 4.78 is 32.4. The number of hydrogen-bond acceptors (Lipinski definition) is 14. The molecule has 0 bridgehead atoms. The molecule has 10 rings (SSSR count). The van der Waals surface area contributed by atoms with Crippen LogP contribution in [-0.4, -0.2) is 73.5 Å². The molecule has 0 aliphatic carbocycles. The molecule has 0 fully saturated rings. The van der Waals surface area contributed by atoms with Gasteiger partial charge in [-0.2, -0.15) is 10.5 Å². The second kappa shape index (κ2) is 57.8. The Morgan fingerprint density at radius 3 is 0.793 bits per heavy atom. The second-order valence-electron chi connectivity index (χ2n) is 28.5. The molecule has 10 aromatic rings. The summed E-state index contributed by atoms with van der Waals surface area (Å²) in [4.78, 5) is 56.7. The second-order valence-corrected chi connectivity index (χ2v) is 28.5. The molecular weight excluding hydrogens is 1460 g/mol. The number of ether oxygens (including phenoxy) is 6. The number of nitriles is 2.